The molecular formula is C18H25ClN4O. The first-order chi connectivity index (χ1) is 11.0. The smallest absolute Gasteiger partial charge is 0.240 e. The summed E-state index contributed by atoms with van der Waals surface area (Å²) in [6.07, 6.45) is 3.62. The second-order valence-electron chi connectivity index (χ2n) is 6.51. The molecule has 1 heterocycles. The number of nitrogens with two attached hydrogens (primary N) is 1. The van der Waals surface area contributed by atoms with Gasteiger partial charge in [0.05, 0.1) is 16.9 Å². The van der Waals surface area contributed by atoms with E-state index < -0.39 is 5.54 Å². The Bertz CT molecular complexity index is 720. The summed E-state index contributed by atoms with van der Waals surface area (Å²) in [5, 5.41) is 7.55. The maximum absolute atomic E-state index is 12.4. The van der Waals surface area contributed by atoms with E-state index in [1.165, 1.54) is 0 Å². The van der Waals surface area contributed by atoms with Crippen molar-refractivity contribution in [3.63, 3.8) is 0 Å². The number of rotatable bonds is 4. The highest BCUT2D eigenvalue weighted by Gasteiger charge is 2.36. The van der Waals surface area contributed by atoms with Crippen molar-refractivity contribution in [3.8, 4) is 5.69 Å². The number of aromatic nitrogens is 2. The zero-order chi connectivity index (χ0) is 16.4. The molecule has 5 nitrogen and oxygen atoms in total. The van der Waals surface area contributed by atoms with Crippen LogP contribution in [0, 0.1) is 13.8 Å². The number of carbonyl (C=O) groups excluding carboxylic acids is 1. The monoisotopic (exact) mass is 348 g/mol. The molecule has 1 amide bonds. The van der Waals surface area contributed by atoms with E-state index in [-0.39, 0.29) is 18.3 Å². The Hall–Kier alpha value is -1.85. The number of nitrogens with one attached hydrogen (secondary N) is 1. The van der Waals surface area contributed by atoms with Crippen molar-refractivity contribution in [2.45, 2.75) is 51.6 Å². The molecule has 130 valence electrons. The van der Waals surface area contributed by atoms with Gasteiger partial charge in [-0.1, -0.05) is 31.0 Å². The van der Waals surface area contributed by atoms with Crippen LogP contribution in [0.15, 0.2) is 30.3 Å². The first kappa shape index (κ1) is 18.5. The molecule has 1 fully saturated rings. The normalized spacial score (nSPS) is 15.8. The van der Waals surface area contributed by atoms with Crippen molar-refractivity contribution >= 4 is 18.3 Å². The Balaban J connectivity index is 0.00000208. The molecule has 0 saturated heterocycles. The van der Waals surface area contributed by atoms with E-state index in [1.807, 2.05) is 48.9 Å². The molecular weight excluding hydrogens is 324 g/mol. The zero-order valence-corrected chi connectivity index (χ0v) is 15.0. The van der Waals surface area contributed by atoms with Crippen molar-refractivity contribution < 1.29 is 4.79 Å². The van der Waals surface area contributed by atoms with Crippen LogP contribution in [-0.2, 0) is 11.3 Å². The molecule has 0 spiro atoms. The first-order valence-corrected chi connectivity index (χ1v) is 8.18. The molecule has 0 radical (unpaired) electrons. The van der Waals surface area contributed by atoms with Crippen molar-refractivity contribution in [1.29, 1.82) is 0 Å². The first-order valence-electron chi connectivity index (χ1n) is 8.18. The molecule has 1 aromatic carbocycles. The van der Waals surface area contributed by atoms with Crippen LogP contribution < -0.4 is 11.1 Å². The highest BCUT2D eigenvalue weighted by Crippen LogP contribution is 2.27. The Morgan fingerprint density at radius 1 is 1.29 bits per heavy atom. The van der Waals surface area contributed by atoms with Crippen LogP contribution in [0.4, 0.5) is 0 Å². The lowest BCUT2D eigenvalue weighted by atomic mass is 9.98. The third-order valence-electron chi connectivity index (χ3n) is 4.62. The van der Waals surface area contributed by atoms with Gasteiger partial charge in [0.25, 0.3) is 0 Å². The highest BCUT2D eigenvalue weighted by atomic mass is 35.5. The second kappa shape index (κ2) is 7.36. The molecule has 3 N–H and O–H groups in total. The molecule has 1 aromatic heterocycles. The lowest BCUT2D eigenvalue weighted by Gasteiger charge is -2.22. The van der Waals surface area contributed by atoms with Crippen LogP contribution in [-0.4, -0.2) is 21.2 Å². The van der Waals surface area contributed by atoms with Gasteiger partial charge in [-0.05, 0) is 44.4 Å². The summed E-state index contributed by atoms with van der Waals surface area (Å²) in [7, 11) is 0. The summed E-state index contributed by atoms with van der Waals surface area (Å²) in [5.41, 5.74) is 9.61. The summed E-state index contributed by atoms with van der Waals surface area (Å²) in [6.45, 7) is 4.47. The number of nitrogens with zero attached hydrogens (tertiary/aromatic N) is 2. The van der Waals surface area contributed by atoms with Crippen LogP contribution in [0.3, 0.4) is 0 Å². The minimum Gasteiger partial charge on any atom is -0.350 e. The lowest BCUT2D eigenvalue weighted by molar-refractivity contribution is -0.126. The van der Waals surface area contributed by atoms with Gasteiger partial charge in [-0.15, -0.1) is 12.4 Å². The fourth-order valence-corrected chi connectivity index (χ4v) is 3.32. The summed E-state index contributed by atoms with van der Waals surface area (Å²) >= 11 is 0. The zero-order valence-electron chi connectivity index (χ0n) is 14.2. The van der Waals surface area contributed by atoms with Gasteiger partial charge in [0.2, 0.25) is 5.91 Å². The molecule has 2 aromatic rings. The van der Waals surface area contributed by atoms with E-state index >= 15 is 0 Å². The average Bonchev–Trinajstić information content (AvgIpc) is 3.11. The molecule has 3 rings (SSSR count). The number of halogens is 1. The largest absolute Gasteiger partial charge is 0.350 e. The Kier molecular flexibility index (Phi) is 5.67. The molecule has 1 saturated carbocycles. The minimum atomic E-state index is -0.687. The Labute approximate surface area is 149 Å². The van der Waals surface area contributed by atoms with E-state index in [9.17, 15) is 4.79 Å². The summed E-state index contributed by atoms with van der Waals surface area (Å²) in [5.74, 6) is -0.0434. The number of amides is 1. The molecule has 1 aliphatic carbocycles. The topological polar surface area (TPSA) is 72.9 Å². The van der Waals surface area contributed by atoms with Gasteiger partial charge in [0.1, 0.15) is 0 Å². The van der Waals surface area contributed by atoms with Crippen molar-refractivity contribution in [1.82, 2.24) is 15.1 Å². The van der Waals surface area contributed by atoms with Gasteiger partial charge < -0.3 is 11.1 Å². The highest BCUT2D eigenvalue weighted by molar-refractivity contribution is 5.86. The van der Waals surface area contributed by atoms with Crippen molar-refractivity contribution in [3.05, 3.63) is 47.3 Å². The Morgan fingerprint density at radius 2 is 1.96 bits per heavy atom. The minimum absolute atomic E-state index is 0. The van der Waals surface area contributed by atoms with E-state index in [4.69, 9.17) is 5.73 Å². The van der Waals surface area contributed by atoms with Crippen LogP contribution >= 0.6 is 12.4 Å². The van der Waals surface area contributed by atoms with Crippen LogP contribution in [0.25, 0.3) is 5.69 Å². The number of benzene rings is 1. The molecule has 0 bridgehead atoms. The molecule has 6 heteroatoms. The summed E-state index contributed by atoms with van der Waals surface area (Å²) in [4.78, 5) is 12.4. The van der Waals surface area contributed by atoms with Gasteiger partial charge in [-0.25, -0.2) is 4.68 Å². The third-order valence-corrected chi connectivity index (χ3v) is 4.62. The van der Waals surface area contributed by atoms with Crippen LogP contribution in [0.2, 0.25) is 0 Å². The molecule has 24 heavy (non-hydrogen) atoms. The fraction of sp³-hybridized carbons (Fsp3) is 0.444. The van der Waals surface area contributed by atoms with Gasteiger partial charge in [-0.3, -0.25) is 4.79 Å². The fourth-order valence-electron chi connectivity index (χ4n) is 3.32. The van der Waals surface area contributed by atoms with Gasteiger partial charge in [0, 0.05) is 12.2 Å². The number of aryl methyl sites for hydroxylation is 2. The van der Waals surface area contributed by atoms with E-state index in [2.05, 4.69) is 10.4 Å². The predicted octanol–water partition coefficient (Wildman–Crippen LogP) is 2.80. The quantitative estimate of drug-likeness (QED) is 0.892. The maximum atomic E-state index is 12.4. The molecule has 0 unspecified atom stereocenters. The third kappa shape index (κ3) is 3.62. The van der Waals surface area contributed by atoms with Gasteiger partial charge >= 0.3 is 0 Å². The van der Waals surface area contributed by atoms with Crippen molar-refractivity contribution in [2.75, 3.05) is 0 Å². The lowest BCUT2D eigenvalue weighted by Crippen LogP contribution is -2.51. The number of para-hydroxylation sites is 1. The van der Waals surface area contributed by atoms with E-state index in [0.717, 1.165) is 48.3 Å². The number of hydrogen-bond donors (Lipinski definition) is 2. The molecule has 0 aliphatic heterocycles. The number of hydrogen-bond acceptors (Lipinski definition) is 3. The van der Waals surface area contributed by atoms with Crippen molar-refractivity contribution in [2.24, 2.45) is 5.73 Å². The maximum Gasteiger partial charge on any atom is 0.240 e. The average molecular weight is 349 g/mol. The van der Waals surface area contributed by atoms with Gasteiger partial charge in [-0.2, -0.15) is 5.10 Å². The molecule has 1 aliphatic rings. The van der Waals surface area contributed by atoms with Crippen LogP contribution in [0.1, 0.15) is 42.6 Å². The predicted molar refractivity (Wildman–Crippen MR) is 97.5 cm³/mol. The SMILES string of the molecule is Cc1cc(C)n(-c2ccccc2CNC(=O)C2(N)CCCC2)n1.Cl. The van der Waals surface area contributed by atoms with Gasteiger partial charge in [0.15, 0.2) is 0 Å². The Morgan fingerprint density at radius 3 is 2.58 bits per heavy atom. The summed E-state index contributed by atoms with van der Waals surface area (Å²) < 4.78 is 1.92. The standard InChI is InChI=1S/C18H24N4O.ClH/c1-13-11-14(2)22(21-13)16-8-4-3-7-15(16)12-20-17(23)18(19)9-5-6-10-18;/h3-4,7-8,11H,5-6,9-10,12,19H2,1-2H3,(H,20,23);1H. The second-order valence-corrected chi connectivity index (χ2v) is 6.51. The molecule has 0 atom stereocenters. The number of carbonyl (C=O) groups is 1. The summed E-state index contributed by atoms with van der Waals surface area (Å²) in [6, 6.07) is 10.0. The van der Waals surface area contributed by atoms with E-state index in [0.29, 0.717) is 6.54 Å². The van der Waals surface area contributed by atoms with Crippen LogP contribution in [0.5, 0.6) is 0 Å². The van der Waals surface area contributed by atoms with E-state index in [1.54, 1.807) is 0 Å².